The average Bonchev–Trinajstić information content (AvgIpc) is 3.08. The van der Waals surface area contributed by atoms with Gasteiger partial charge in [0.15, 0.2) is 0 Å². The predicted molar refractivity (Wildman–Crippen MR) is 109 cm³/mol. The molecule has 0 bridgehead atoms. The standard InChI is InChI=1S/C22H15F4NO5S/c23-16-2-1-3-17(24)18(16)19-27-22(29,20(28)32-19)14-8-4-12(5-9-14)13-6-10-15(11-7-13)33(30,31)21(25)26/h1-11,20-21,28-29H. The third-order valence-corrected chi connectivity index (χ3v) is 6.48. The fourth-order valence-electron chi connectivity index (χ4n) is 3.30. The van der Waals surface area contributed by atoms with Crippen molar-refractivity contribution in [1.82, 2.24) is 0 Å². The van der Waals surface area contributed by atoms with Gasteiger partial charge in [0.2, 0.25) is 21.5 Å². The van der Waals surface area contributed by atoms with Gasteiger partial charge >= 0.3 is 5.76 Å². The van der Waals surface area contributed by atoms with E-state index in [-0.39, 0.29) is 5.56 Å². The van der Waals surface area contributed by atoms with E-state index in [1.54, 1.807) is 0 Å². The van der Waals surface area contributed by atoms with Crippen molar-refractivity contribution in [3.8, 4) is 11.1 Å². The highest BCUT2D eigenvalue weighted by molar-refractivity contribution is 7.91. The summed E-state index contributed by atoms with van der Waals surface area (Å²) in [6, 6.07) is 13.6. The molecular formula is C22H15F4NO5S. The van der Waals surface area contributed by atoms with Crippen LogP contribution in [-0.2, 0) is 20.3 Å². The maximum absolute atomic E-state index is 14.0. The molecule has 4 rings (SSSR count). The van der Waals surface area contributed by atoms with Crippen LogP contribution in [0.3, 0.4) is 0 Å². The van der Waals surface area contributed by atoms with Crippen LogP contribution in [0.1, 0.15) is 11.1 Å². The molecule has 172 valence electrons. The van der Waals surface area contributed by atoms with E-state index in [0.29, 0.717) is 11.1 Å². The Morgan fingerprint density at radius 3 is 1.94 bits per heavy atom. The van der Waals surface area contributed by atoms with Crippen molar-refractivity contribution in [2.24, 2.45) is 4.99 Å². The summed E-state index contributed by atoms with van der Waals surface area (Å²) in [5.41, 5.74) is -1.92. The van der Waals surface area contributed by atoms with Gasteiger partial charge in [-0.25, -0.2) is 22.2 Å². The largest absolute Gasteiger partial charge is 0.442 e. The van der Waals surface area contributed by atoms with Crippen molar-refractivity contribution < 1.29 is 40.9 Å². The summed E-state index contributed by atoms with van der Waals surface area (Å²) >= 11 is 0. The van der Waals surface area contributed by atoms with Crippen molar-refractivity contribution in [2.45, 2.75) is 22.7 Å². The molecule has 2 N–H and O–H groups in total. The highest BCUT2D eigenvalue weighted by Gasteiger charge is 2.46. The van der Waals surface area contributed by atoms with Gasteiger partial charge in [0.05, 0.1) is 4.90 Å². The van der Waals surface area contributed by atoms with E-state index in [0.717, 1.165) is 30.3 Å². The second-order valence-corrected chi connectivity index (χ2v) is 9.04. The van der Waals surface area contributed by atoms with Gasteiger partial charge < -0.3 is 14.9 Å². The Hall–Kier alpha value is -3.28. The molecule has 0 aliphatic carbocycles. The molecule has 0 amide bonds. The number of hydrogen-bond donors (Lipinski definition) is 2. The van der Waals surface area contributed by atoms with Gasteiger partial charge in [-0.1, -0.05) is 42.5 Å². The molecule has 1 aliphatic rings. The Labute approximate surface area is 185 Å². The summed E-state index contributed by atoms with van der Waals surface area (Å²) in [5.74, 6) is -6.12. The first-order chi connectivity index (χ1) is 15.5. The number of hydrogen-bond acceptors (Lipinski definition) is 6. The summed E-state index contributed by atoms with van der Waals surface area (Å²) in [6.07, 6.45) is -1.95. The summed E-state index contributed by atoms with van der Waals surface area (Å²) in [5, 5.41) is 21.0. The number of ether oxygens (including phenoxy) is 1. The summed E-state index contributed by atoms with van der Waals surface area (Å²) in [7, 11) is -4.72. The van der Waals surface area contributed by atoms with Crippen LogP contribution in [0.25, 0.3) is 11.1 Å². The molecule has 3 aromatic carbocycles. The first-order valence-electron chi connectivity index (χ1n) is 9.38. The van der Waals surface area contributed by atoms with Crippen LogP contribution in [0.4, 0.5) is 17.6 Å². The van der Waals surface area contributed by atoms with Gasteiger partial charge in [-0.2, -0.15) is 8.78 Å². The van der Waals surface area contributed by atoms with Crippen molar-refractivity contribution in [3.05, 3.63) is 89.5 Å². The SMILES string of the molecule is O=S(=O)(c1ccc(-c2ccc(C3(O)N=C(c4c(F)cccc4F)OC3O)cc2)cc1)C(F)F. The molecule has 2 atom stereocenters. The molecule has 2 unspecified atom stereocenters. The normalized spacial score (nSPS) is 20.6. The van der Waals surface area contributed by atoms with Gasteiger partial charge in [-0.05, 0) is 35.4 Å². The molecule has 6 nitrogen and oxygen atoms in total. The van der Waals surface area contributed by atoms with Crippen molar-refractivity contribution >= 4 is 15.7 Å². The lowest BCUT2D eigenvalue weighted by molar-refractivity contribution is -0.155. The van der Waals surface area contributed by atoms with Gasteiger partial charge in [0.25, 0.3) is 6.29 Å². The zero-order valence-electron chi connectivity index (χ0n) is 16.5. The number of aliphatic hydroxyl groups is 2. The molecule has 0 fully saturated rings. The third-order valence-electron chi connectivity index (χ3n) is 5.08. The minimum absolute atomic E-state index is 0.0439. The fourth-order valence-corrected chi connectivity index (χ4v) is 4.02. The zero-order valence-corrected chi connectivity index (χ0v) is 17.3. The van der Waals surface area contributed by atoms with Gasteiger partial charge in [0, 0.05) is 5.56 Å². The molecule has 3 aromatic rings. The van der Waals surface area contributed by atoms with E-state index in [1.165, 1.54) is 36.4 Å². The molecule has 0 saturated heterocycles. The maximum Gasteiger partial charge on any atom is 0.341 e. The topological polar surface area (TPSA) is 96.2 Å². The molecule has 1 aliphatic heterocycles. The van der Waals surface area contributed by atoms with E-state index < -0.39 is 55.6 Å². The first kappa shape index (κ1) is 22.9. The fraction of sp³-hybridized carbons (Fsp3) is 0.136. The number of aliphatic imine (C=N–C) groups is 1. The smallest absolute Gasteiger partial charge is 0.341 e. The minimum atomic E-state index is -4.72. The molecule has 0 spiro atoms. The van der Waals surface area contributed by atoms with E-state index >= 15 is 0 Å². The van der Waals surface area contributed by atoms with Crippen LogP contribution >= 0.6 is 0 Å². The van der Waals surface area contributed by atoms with Crippen LogP contribution in [0.2, 0.25) is 0 Å². The van der Waals surface area contributed by atoms with Crippen LogP contribution in [0.15, 0.2) is 76.6 Å². The van der Waals surface area contributed by atoms with Crippen molar-refractivity contribution in [3.63, 3.8) is 0 Å². The molecule has 33 heavy (non-hydrogen) atoms. The molecular weight excluding hydrogens is 466 g/mol. The number of nitrogens with zero attached hydrogens (tertiary/aromatic N) is 1. The third kappa shape index (κ3) is 3.99. The molecule has 1 heterocycles. The van der Waals surface area contributed by atoms with E-state index in [1.807, 2.05) is 0 Å². The minimum Gasteiger partial charge on any atom is -0.442 e. The van der Waals surface area contributed by atoms with Crippen molar-refractivity contribution in [2.75, 3.05) is 0 Å². The van der Waals surface area contributed by atoms with Crippen LogP contribution in [0, 0.1) is 11.6 Å². The number of benzene rings is 3. The number of halogens is 4. The monoisotopic (exact) mass is 481 g/mol. The second-order valence-electron chi connectivity index (χ2n) is 7.12. The number of alkyl halides is 2. The van der Waals surface area contributed by atoms with Gasteiger partial charge in [-0.3, -0.25) is 0 Å². The average molecular weight is 481 g/mol. The Bertz CT molecular complexity index is 1310. The lowest BCUT2D eigenvalue weighted by Gasteiger charge is -2.22. The summed E-state index contributed by atoms with van der Waals surface area (Å²) in [4.78, 5) is 3.28. The van der Waals surface area contributed by atoms with Gasteiger partial charge in [-0.15, -0.1) is 0 Å². The van der Waals surface area contributed by atoms with Crippen LogP contribution < -0.4 is 0 Å². The Balaban J connectivity index is 1.64. The predicted octanol–water partition coefficient (Wildman–Crippen LogP) is 3.57. The molecule has 0 saturated carbocycles. The van der Waals surface area contributed by atoms with Crippen LogP contribution in [0.5, 0.6) is 0 Å². The number of sulfone groups is 1. The zero-order chi connectivity index (χ0) is 24.0. The Morgan fingerprint density at radius 2 is 1.42 bits per heavy atom. The lowest BCUT2D eigenvalue weighted by Crippen LogP contribution is -2.35. The van der Waals surface area contributed by atoms with Gasteiger partial charge in [0.1, 0.15) is 17.2 Å². The summed E-state index contributed by atoms with van der Waals surface area (Å²) in [6.45, 7) is 0. The van der Waals surface area contributed by atoms with Crippen LogP contribution in [-0.4, -0.2) is 36.6 Å². The first-order valence-corrected chi connectivity index (χ1v) is 10.9. The van der Waals surface area contributed by atoms with E-state index in [2.05, 4.69) is 4.99 Å². The highest BCUT2D eigenvalue weighted by Crippen LogP contribution is 2.36. The Morgan fingerprint density at radius 1 is 0.909 bits per heavy atom. The summed E-state index contributed by atoms with van der Waals surface area (Å²) < 4.78 is 81.5. The molecule has 0 aromatic heterocycles. The Kier molecular flexibility index (Phi) is 5.72. The maximum atomic E-state index is 14.0. The van der Waals surface area contributed by atoms with E-state index in [9.17, 15) is 36.2 Å². The number of rotatable bonds is 5. The molecule has 0 radical (unpaired) electrons. The highest BCUT2D eigenvalue weighted by atomic mass is 32.2. The van der Waals surface area contributed by atoms with Crippen molar-refractivity contribution in [1.29, 1.82) is 0 Å². The lowest BCUT2D eigenvalue weighted by atomic mass is 9.98. The van der Waals surface area contributed by atoms with E-state index in [4.69, 9.17) is 4.74 Å². The second kappa shape index (κ2) is 8.25. The molecule has 11 heteroatoms. The number of aliphatic hydroxyl groups excluding tert-OH is 1. The quantitative estimate of drug-likeness (QED) is 0.544.